The molecule has 0 aromatic heterocycles. The Balaban J connectivity index is 1.71. The fourth-order valence-corrected chi connectivity index (χ4v) is 4.39. The molecule has 3 N–H and O–H groups in total. The van der Waals surface area contributed by atoms with E-state index in [0.29, 0.717) is 29.2 Å². The number of rotatable bonds is 7. The van der Waals surface area contributed by atoms with E-state index in [2.05, 4.69) is 22.5 Å². The van der Waals surface area contributed by atoms with Crippen LogP contribution in [-0.2, 0) is 25.6 Å². The first kappa shape index (κ1) is 26.4. The van der Waals surface area contributed by atoms with Crippen LogP contribution in [0.4, 0.5) is 21.9 Å². The molecule has 4 rings (SSSR count). The van der Waals surface area contributed by atoms with Crippen LogP contribution in [0.15, 0.2) is 54.6 Å². The van der Waals surface area contributed by atoms with Crippen LogP contribution in [-0.4, -0.2) is 59.8 Å². The van der Waals surface area contributed by atoms with Gasteiger partial charge in [-0.25, -0.2) is 9.69 Å². The maximum Gasteiger partial charge on any atom is 0.326 e. The average Bonchev–Trinajstić information content (AvgIpc) is 3.38. The second kappa shape index (κ2) is 10.0. The number of nitrogens with zero attached hydrogens (tertiary/aromatic N) is 2. The van der Waals surface area contributed by atoms with Crippen LogP contribution in [0.25, 0.3) is 0 Å². The molecular weight excluding hydrogens is 490 g/mol. The van der Waals surface area contributed by atoms with Crippen LogP contribution in [0.5, 0.6) is 5.75 Å². The smallest absolute Gasteiger partial charge is 0.326 e. The number of hydrogen-bond donors (Lipinski definition) is 3. The van der Waals surface area contributed by atoms with Crippen LogP contribution in [0.3, 0.4) is 0 Å². The highest BCUT2D eigenvalue weighted by atomic mass is 16.5. The number of nitrogens with one attached hydrogen (secondary N) is 3. The Morgan fingerprint density at radius 2 is 1.82 bits per heavy atom. The molecule has 1 unspecified atom stereocenters. The van der Waals surface area contributed by atoms with Crippen LogP contribution in [0.1, 0.15) is 26.3 Å². The van der Waals surface area contributed by atoms with Crippen LogP contribution in [0, 0.1) is 0 Å². The third-order valence-corrected chi connectivity index (χ3v) is 6.39. The first-order valence-electron chi connectivity index (χ1n) is 12.0. The Labute approximate surface area is 219 Å². The Bertz CT molecular complexity index is 1370. The molecule has 6 amide bonds. The number of para-hydroxylation sites is 1. The number of carbonyl (C=O) groups is 5. The van der Waals surface area contributed by atoms with Gasteiger partial charge in [0.25, 0.3) is 23.6 Å². The number of amides is 6. The van der Waals surface area contributed by atoms with Gasteiger partial charge in [0.05, 0.1) is 12.8 Å². The molecule has 2 aromatic rings. The summed E-state index contributed by atoms with van der Waals surface area (Å²) in [5.74, 6) is -2.53. The summed E-state index contributed by atoms with van der Waals surface area (Å²) in [6.45, 7) is 8.43. The zero-order valence-corrected chi connectivity index (χ0v) is 21.6. The fourth-order valence-electron chi connectivity index (χ4n) is 4.39. The molecule has 1 fully saturated rings. The van der Waals surface area contributed by atoms with Gasteiger partial charge in [0.2, 0.25) is 0 Å². The minimum absolute atomic E-state index is 0.128. The monoisotopic (exact) mass is 519 g/mol. The molecule has 11 nitrogen and oxygen atoms in total. The standard InChI is InChI=1S/C27H29N5O6/c1-15(2)22(33)28-17-10-11-20(38-5)18(14-17)29-23(34)21(32-25(36)27(3,4)30-26(32)37)24(35)31-13-12-16-8-6-7-9-19(16)31/h6-11,14,21H,1,12-13H2,2-5H3,(H,28,33)(H,29,34)(H,30,37). The maximum absolute atomic E-state index is 13.9. The molecule has 198 valence electrons. The first-order valence-corrected chi connectivity index (χ1v) is 12.0. The molecule has 2 aromatic carbocycles. The number of urea groups is 1. The molecule has 0 radical (unpaired) electrons. The normalized spacial score (nSPS) is 16.4. The molecule has 0 aliphatic carbocycles. The van der Waals surface area contributed by atoms with Crippen molar-refractivity contribution in [2.75, 3.05) is 29.2 Å². The minimum Gasteiger partial charge on any atom is -0.495 e. The van der Waals surface area contributed by atoms with Crippen molar-refractivity contribution in [1.29, 1.82) is 0 Å². The highest BCUT2D eigenvalue weighted by molar-refractivity contribution is 6.22. The second-order valence-electron chi connectivity index (χ2n) is 9.64. The van der Waals surface area contributed by atoms with Crippen molar-refractivity contribution in [2.24, 2.45) is 0 Å². The molecule has 0 bridgehead atoms. The lowest BCUT2D eigenvalue weighted by molar-refractivity contribution is -0.141. The summed E-state index contributed by atoms with van der Waals surface area (Å²) in [6.07, 6.45) is 0.570. The fraction of sp³-hybridized carbons (Fsp3) is 0.296. The second-order valence-corrected chi connectivity index (χ2v) is 9.64. The van der Waals surface area contributed by atoms with E-state index in [1.807, 2.05) is 12.1 Å². The van der Waals surface area contributed by atoms with E-state index in [9.17, 15) is 24.0 Å². The van der Waals surface area contributed by atoms with E-state index >= 15 is 0 Å². The van der Waals surface area contributed by atoms with Crippen molar-refractivity contribution < 1.29 is 28.7 Å². The van der Waals surface area contributed by atoms with E-state index in [1.54, 1.807) is 25.1 Å². The zero-order valence-electron chi connectivity index (χ0n) is 21.6. The number of hydrogen-bond acceptors (Lipinski definition) is 6. The quantitative estimate of drug-likeness (QED) is 0.292. The minimum atomic E-state index is -1.80. The van der Waals surface area contributed by atoms with Gasteiger partial charge in [-0.05, 0) is 57.0 Å². The Morgan fingerprint density at radius 3 is 2.45 bits per heavy atom. The number of methoxy groups -OCH3 is 1. The van der Waals surface area contributed by atoms with E-state index < -0.39 is 41.2 Å². The summed E-state index contributed by atoms with van der Waals surface area (Å²) >= 11 is 0. The predicted molar refractivity (Wildman–Crippen MR) is 141 cm³/mol. The molecule has 1 saturated heterocycles. The number of imide groups is 1. The maximum atomic E-state index is 13.9. The van der Waals surface area contributed by atoms with Crippen molar-refractivity contribution in [3.05, 3.63) is 60.2 Å². The highest BCUT2D eigenvalue weighted by Gasteiger charge is 2.53. The summed E-state index contributed by atoms with van der Waals surface area (Å²) in [5.41, 5.74) is 0.973. The number of fused-ring (bicyclic) bond motifs is 1. The lowest BCUT2D eigenvalue weighted by Crippen LogP contribution is -2.57. The molecular formula is C27H29N5O6. The van der Waals surface area contributed by atoms with E-state index in [-0.39, 0.29) is 17.0 Å². The molecule has 1 atom stereocenters. The Hall–Kier alpha value is -4.67. The summed E-state index contributed by atoms with van der Waals surface area (Å²) < 4.78 is 5.34. The Kier molecular flexibility index (Phi) is 6.95. The molecule has 2 aliphatic heterocycles. The number of carbonyl (C=O) groups excluding carboxylic acids is 5. The van der Waals surface area contributed by atoms with Gasteiger partial charge in [0.1, 0.15) is 11.3 Å². The molecule has 2 heterocycles. The van der Waals surface area contributed by atoms with E-state index in [1.165, 1.54) is 38.0 Å². The molecule has 11 heteroatoms. The van der Waals surface area contributed by atoms with Gasteiger partial charge in [-0.3, -0.25) is 19.2 Å². The number of ether oxygens (including phenoxy) is 1. The molecule has 0 spiro atoms. The van der Waals surface area contributed by atoms with Gasteiger partial charge in [-0.2, -0.15) is 0 Å². The van der Waals surface area contributed by atoms with Crippen LogP contribution in [0.2, 0.25) is 0 Å². The van der Waals surface area contributed by atoms with Gasteiger partial charge in [-0.1, -0.05) is 24.8 Å². The first-order chi connectivity index (χ1) is 17.9. The van der Waals surface area contributed by atoms with E-state index in [4.69, 9.17) is 4.74 Å². The van der Waals surface area contributed by atoms with Crippen molar-refractivity contribution in [3.8, 4) is 5.75 Å². The van der Waals surface area contributed by atoms with Crippen LogP contribution < -0.4 is 25.6 Å². The van der Waals surface area contributed by atoms with Crippen molar-refractivity contribution >= 4 is 46.7 Å². The van der Waals surface area contributed by atoms with Crippen molar-refractivity contribution in [3.63, 3.8) is 0 Å². The number of benzene rings is 2. The SMILES string of the molecule is C=C(C)C(=O)Nc1ccc(OC)c(NC(=O)C(C(=O)N2CCc3ccccc32)N2C(=O)NC(C)(C)C2=O)c1. The summed E-state index contributed by atoms with van der Waals surface area (Å²) in [5, 5.41) is 7.79. The number of anilines is 3. The largest absolute Gasteiger partial charge is 0.495 e. The summed E-state index contributed by atoms with van der Waals surface area (Å²) in [6, 6.07) is 9.14. The third kappa shape index (κ3) is 4.82. The zero-order chi connectivity index (χ0) is 27.8. The highest BCUT2D eigenvalue weighted by Crippen LogP contribution is 2.32. The molecule has 0 saturated carbocycles. The van der Waals surface area contributed by atoms with Gasteiger partial charge < -0.3 is 25.6 Å². The van der Waals surface area contributed by atoms with Gasteiger partial charge >= 0.3 is 6.03 Å². The summed E-state index contributed by atoms with van der Waals surface area (Å²) in [7, 11) is 1.39. The van der Waals surface area contributed by atoms with Gasteiger partial charge in [-0.15, -0.1) is 0 Å². The van der Waals surface area contributed by atoms with Gasteiger partial charge in [0, 0.05) is 23.5 Å². The summed E-state index contributed by atoms with van der Waals surface area (Å²) in [4.78, 5) is 67.8. The van der Waals surface area contributed by atoms with Crippen LogP contribution >= 0.6 is 0 Å². The Morgan fingerprint density at radius 1 is 1.11 bits per heavy atom. The molecule has 2 aliphatic rings. The van der Waals surface area contributed by atoms with Crippen molar-refractivity contribution in [1.82, 2.24) is 10.2 Å². The molecule has 38 heavy (non-hydrogen) atoms. The lowest BCUT2D eigenvalue weighted by atomic mass is 10.1. The van der Waals surface area contributed by atoms with Gasteiger partial charge in [0.15, 0.2) is 6.04 Å². The third-order valence-electron chi connectivity index (χ3n) is 6.39. The topological polar surface area (TPSA) is 137 Å². The lowest BCUT2D eigenvalue weighted by Gasteiger charge is -2.29. The van der Waals surface area contributed by atoms with Crippen molar-refractivity contribution in [2.45, 2.75) is 38.8 Å². The average molecular weight is 520 g/mol. The predicted octanol–water partition coefficient (Wildman–Crippen LogP) is 2.44. The van der Waals surface area contributed by atoms with E-state index in [0.717, 1.165) is 5.56 Å².